The van der Waals surface area contributed by atoms with Gasteiger partial charge in [-0.3, -0.25) is 19.7 Å². The van der Waals surface area contributed by atoms with Gasteiger partial charge in [-0.05, 0) is 24.5 Å². The van der Waals surface area contributed by atoms with Gasteiger partial charge < -0.3 is 19.5 Å². The molecular formula is C23H26N2O8. The number of amides is 1. The molecule has 0 heterocycles. The van der Waals surface area contributed by atoms with Crippen LogP contribution in [0.4, 0.5) is 10.5 Å². The Bertz CT molecular complexity index is 947. The predicted octanol–water partition coefficient (Wildman–Crippen LogP) is 3.32. The molecule has 176 valence electrons. The molecule has 10 heteroatoms. The lowest BCUT2D eigenvalue weighted by atomic mass is 9.99. The van der Waals surface area contributed by atoms with Crippen molar-refractivity contribution in [1.82, 2.24) is 5.32 Å². The maximum atomic E-state index is 12.5. The van der Waals surface area contributed by atoms with Crippen molar-refractivity contribution in [2.24, 2.45) is 0 Å². The molecule has 10 nitrogen and oxygen atoms in total. The van der Waals surface area contributed by atoms with Crippen LogP contribution in [-0.4, -0.2) is 41.7 Å². The Morgan fingerprint density at radius 2 is 1.67 bits per heavy atom. The highest BCUT2D eigenvalue weighted by molar-refractivity contribution is 5.72. The molecule has 0 aliphatic carbocycles. The summed E-state index contributed by atoms with van der Waals surface area (Å²) in [4.78, 5) is 46.6. The molecule has 2 aromatic carbocycles. The predicted molar refractivity (Wildman–Crippen MR) is 117 cm³/mol. The third kappa shape index (κ3) is 8.98. The summed E-state index contributed by atoms with van der Waals surface area (Å²) >= 11 is 0. The molecule has 0 saturated carbocycles. The molecule has 0 aliphatic heterocycles. The van der Waals surface area contributed by atoms with Crippen LogP contribution in [-0.2, 0) is 36.8 Å². The summed E-state index contributed by atoms with van der Waals surface area (Å²) in [5, 5.41) is 13.6. The molecule has 1 N–H and O–H groups in total. The van der Waals surface area contributed by atoms with E-state index in [0.29, 0.717) is 5.56 Å². The number of hydrogen-bond acceptors (Lipinski definition) is 8. The van der Waals surface area contributed by atoms with Gasteiger partial charge in [0.15, 0.2) is 0 Å². The second-order valence-corrected chi connectivity index (χ2v) is 7.10. The first-order chi connectivity index (χ1) is 15.8. The minimum Gasteiger partial charge on any atom is -0.466 e. The van der Waals surface area contributed by atoms with E-state index in [1.54, 1.807) is 19.1 Å². The fourth-order valence-electron chi connectivity index (χ4n) is 3.06. The number of nitro benzene ring substituents is 1. The van der Waals surface area contributed by atoms with Gasteiger partial charge in [-0.25, -0.2) is 4.79 Å². The molecule has 2 rings (SSSR count). The Morgan fingerprint density at radius 3 is 2.24 bits per heavy atom. The smallest absolute Gasteiger partial charge is 0.407 e. The van der Waals surface area contributed by atoms with E-state index in [9.17, 15) is 24.5 Å². The van der Waals surface area contributed by atoms with Crippen molar-refractivity contribution in [2.45, 2.75) is 45.4 Å². The van der Waals surface area contributed by atoms with E-state index in [1.165, 1.54) is 31.2 Å². The molecule has 0 spiro atoms. The van der Waals surface area contributed by atoms with Crippen LogP contribution in [0.2, 0.25) is 0 Å². The number of ether oxygens (including phenoxy) is 3. The van der Waals surface area contributed by atoms with Gasteiger partial charge >= 0.3 is 18.0 Å². The number of rotatable bonds is 11. The summed E-state index contributed by atoms with van der Waals surface area (Å²) in [6.45, 7) is 3.00. The average Bonchev–Trinajstić information content (AvgIpc) is 2.78. The van der Waals surface area contributed by atoms with Crippen molar-refractivity contribution in [2.75, 3.05) is 6.61 Å². The van der Waals surface area contributed by atoms with Gasteiger partial charge in [0.05, 0.1) is 24.0 Å². The number of nitro groups is 1. The number of benzene rings is 2. The highest BCUT2D eigenvalue weighted by atomic mass is 16.6. The zero-order valence-electron chi connectivity index (χ0n) is 18.4. The Balaban J connectivity index is 2.19. The van der Waals surface area contributed by atoms with Crippen molar-refractivity contribution in [3.8, 4) is 0 Å². The van der Waals surface area contributed by atoms with Gasteiger partial charge in [0.2, 0.25) is 0 Å². The van der Waals surface area contributed by atoms with Crippen LogP contribution in [0.1, 0.15) is 31.4 Å². The first-order valence-electron chi connectivity index (χ1n) is 10.3. The highest BCUT2D eigenvalue weighted by Crippen LogP contribution is 2.17. The monoisotopic (exact) mass is 458 g/mol. The summed E-state index contributed by atoms with van der Waals surface area (Å²) in [6, 6.07) is 13.9. The molecule has 0 saturated heterocycles. The molecule has 0 aliphatic rings. The van der Waals surface area contributed by atoms with Gasteiger partial charge in [-0.1, -0.05) is 42.5 Å². The van der Waals surface area contributed by atoms with Crippen molar-refractivity contribution >= 4 is 23.7 Å². The minimum absolute atomic E-state index is 0.0209. The number of nitrogens with one attached hydrogen (secondary N) is 1. The SMILES string of the molecule is CCOC(=O)C[C@H](OC(C)=O)[C@H](Cc1ccc([N+](=O)[O-])cc1)NC(=O)OCc1ccccc1. The van der Waals surface area contributed by atoms with Gasteiger partial charge in [-0.15, -0.1) is 0 Å². The number of alkyl carbamates (subject to hydrolysis) is 1. The molecule has 33 heavy (non-hydrogen) atoms. The number of carbonyl (C=O) groups is 3. The maximum absolute atomic E-state index is 12.5. The third-order valence-corrected chi connectivity index (χ3v) is 4.56. The standard InChI is InChI=1S/C23H26N2O8/c1-3-31-22(27)14-21(33-16(2)26)20(13-17-9-11-19(12-10-17)25(29)30)24-23(28)32-15-18-7-5-4-6-8-18/h4-12,20-21H,3,13-15H2,1-2H3,(H,24,28)/t20-,21-/m0/s1. The van der Waals surface area contributed by atoms with Crippen LogP contribution >= 0.6 is 0 Å². The first-order valence-corrected chi connectivity index (χ1v) is 10.3. The van der Waals surface area contributed by atoms with E-state index in [-0.39, 0.29) is 31.7 Å². The second kappa shape index (κ2) is 12.8. The molecule has 0 unspecified atom stereocenters. The molecule has 0 bridgehead atoms. The average molecular weight is 458 g/mol. The summed E-state index contributed by atoms with van der Waals surface area (Å²) in [7, 11) is 0. The summed E-state index contributed by atoms with van der Waals surface area (Å²) in [6.07, 6.45) is -1.98. The van der Waals surface area contributed by atoms with E-state index in [4.69, 9.17) is 14.2 Å². The molecule has 2 aromatic rings. The van der Waals surface area contributed by atoms with Gasteiger partial charge in [0.1, 0.15) is 12.7 Å². The van der Waals surface area contributed by atoms with Crippen LogP contribution in [0.15, 0.2) is 54.6 Å². The quantitative estimate of drug-likeness (QED) is 0.235. The van der Waals surface area contributed by atoms with E-state index in [2.05, 4.69) is 5.32 Å². The molecular weight excluding hydrogens is 432 g/mol. The van der Waals surface area contributed by atoms with E-state index in [1.807, 2.05) is 18.2 Å². The highest BCUT2D eigenvalue weighted by Gasteiger charge is 2.30. The van der Waals surface area contributed by atoms with Gasteiger partial charge in [0, 0.05) is 19.1 Å². The number of nitrogens with zero attached hydrogens (tertiary/aromatic N) is 1. The lowest BCUT2D eigenvalue weighted by molar-refractivity contribution is -0.384. The number of hydrogen-bond donors (Lipinski definition) is 1. The van der Waals surface area contributed by atoms with E-state index >= 15 is 0 Å². The van der Waals surface area contributed by atoms with Gasteiger partial charge in [-0.2, -0.15) is 0 Å². The first kappa shape index (κ1) is 25.3. The molecule has 0 radical (unpaired) electrons. The van der Waals surface area contributed by atoms with Gasteiger partial charge in [0.25, 0.3) is 5.69 Å². The number of non-ortho nitro benzene ring substituents is 1. The molecule has 1 amide bonds. The van der Waals surface area contributed by atoms with Crippen molar-refractivity contribution in [3.63, 3.8) is 0 Å². The molecule has 0 fully saturated rings. The lowest BCUT2D eigenvalue weighted by Gasteiger charge is -2.27. The van der Waals surface area contributed by atoms with E-state index in [0.717, 1.165) is 5.56 Å². The topological polar surface area (TPSA) is 134 Å². The second-order valence-electron chi connectivity index (χ2n) is 7.10. The normalized spacial score (nSPS) is 12.2. The molecule has 2 atom stereocenters. The Hall–Kier alpha value is -3.95. The Kier molecular flexibility index (Phi) is 9.81. The van der Waals surface area contributed by atoms with Crippen molar-refractivity contribution in [3.05, 3.63) is 75.8 Å². The summed E-state index contributed by atoms with van der Waals surface area (Å²) in [5.41, 5.74) is 1.31. The lowest BCUT2D eigenvalue weighted by Crippen LogP contribution is -2.47. The number of esters is 2. The molecule has 0 aromatic heterocycles. The van der Waals surface area contributed by atoms with Crippen LogP contribution in [0.5, 0.6) is 0 Å². The largest absolute Gasteiger partial charge is 0.466 e. The van der Waals surface area contributed by atoms with Crippen LogP contribution in [0, 0.1) is 10.1 Å². The fourth-order valence-corrected chi connectivity index (χ4v) is 3.06. The summed E-state index contributed by atoms with van der Waals surface area (Å²) < 4.78 is 15.5. The number of carbonyl (C=O) groups excluding carboxylic acids is 3. The zero-order chi connectivity index (χ0) is 24.2. The van der Waals surface area contributed by atoms with Crippen LogP contribution in [0.3, 0.4) is 0 Å². The summed E-state index contributed by atoms with van der Waals surface area (Å²) in [5.74, 6) is -1.24. The fraction of sp³-hybridized carbons (Fsp3) is 0.348. The minimum atomic E-state index is -1.04. The van der Waals surface area contributed by atoms with E-state index < -0.39 is 35.1 Å². The van der Waals surface area contributed by atoms with Crippen LogP contribution < -0.4 is 5.32 Å². The maximum Gasteiger partial charge on any atom is 0.407 e. The van der Waals surface area contributed by atoms with Crippen molar-refractivity contribution in [1.29, 1.82) is 0 Å². The van der Waals surface area contributed by atoms with Crippen LogP contribution in [0.25, 0.3) is 0 Å². The Labute approximate surface area is 191 Å². The third-order valence-electron chi connectivity index (χ3n) is 4.56. The Morgan fingerprint density at radius 1 is 1.00 bits per heavy atom. The van der Waals surface area contributed by atoms with Crippen molar-refractivity contribution < 1.29 is 33.5 Å². The zero-order valence-corrected chi connectivity index (χ0v) is 18.4.